The molecular formula is C26H44N4O2S. The van der Waals surface area contributed by atoms with Gasteiger partial charge in [0.05, 0.1) is 5.01 Å². The summed E-state index contributed by atoms with van der Waals surface area (Å²) in [5, 5.41) is 8.52. The van der Waals surface area contributed by atoms with E-state index in [0.29, 0.717) is 18.2 Å². The number of allylic oxidation sites excluding steroid dienone is 5. The van der Waals surface area contributed by atoms with Gasteiger partial charge in [-0.3, -0.25) is 4.79 Å². The summed E-state index contributed by atoms with van der Waals surface area (Å²) in [6.07, 6.45) is 15.6. The fourth-order valence-electron chi connectivity index (χ4n) is 2.63. The highest BCUT2D eigenvalue weighted by atomic mass is 32.1. The van der Waals surface area contributed by atoms with Crippen molar-refractivity contribution >= 4 is 23.7 Å². The Hall–Kier alpha value is -2.51. The van der Waals surface area contributed by atoms with Gasteiger partial charge in [-0.1, -0.05) is 36.5 Å². The van der Waals surface area contributed by atoms with Crippen LogP contribution in [0.15, 0.2) is 55.0 Å². The van der Waals surface area contributed by atoms with Crippen molar-refractivity contribution in [3.05, 3.63) is 65.7 Å². The Balaban J connectivity index is 0. The van der Waals surface area contributed by atoms with Crippen LogP contribution in [0.5, 0.6) is 0 Å². The van der Waals surface area contributed by atoms with Crippen LogP contribution in [0.2, 0.25) is 0 Å². The van der Waals surface area contributed by atoms with E-state index >= 15 is 0 Å². The zero-order chi connectivity index (χ0) is 25.3. The minimum atomic E-state index is 0.0173. The molecule has 6 nitrogen and oxygen atoms in total. The SMILES string of the molecule is C/C=C/C/C=C/C.C=CC.C=CCNC.CCNC(=O)N1CCC(c2nc(C=O)cs2)CC1. The number of hydrogen-bond acceptors (Lipinski definition) is 5. The summed E-state index contributed by atoms with van der Waals surface area (Å²) in [4.78, 5) is 28.4. The van der Waals surface area contributed by atoms with E-state index in [4.69, 9.17) is 0 Å². The third-order valence-corrected chi connectivity index (χ3v) is 5.24. The summed E-state index contributed by atoms with van der Waals surface area (Å²) < 4.78 is 0. The fraction of sp³-hybridized carbons (Fsp3) is 0.500. The highest BCUT2D eigenvalue weighted by Crippen LogP contribution is 2.29. The molecule has 2 rings (SSSR count). The summed E-state index contributed by atoms with van der Waals surface area (Å²) >= 11 is 1.54. The smallest absolute Gasteiger partial charge is 0.317 e. The van der Waals surface area contributed by atoms with Crippen molar-refractivity contribution in [1.82, 2.24) is 20.5 Å². The lowest BCUT2D eigenvalue weighted by atomic mass is 9.98. The second-order valence-electron chi connectivity index (χ2n) is 6.95. The number of nitrogens with zero attached hydrogens (tertiary/aromatic N) is 2. The van der Waals surface area contributed by atoms with Crippen molar-refractivity contribution < 1.29 is 9.59 Å². The Labute approximate surface area is 205 Å². The Morgan fingerprint density at radius 1 is 1.21 bits per heavy atom. The maximum absolute atomic E-state index is 11.6. The molecule has 1 aliphatic heterocycles. The predicted molar refractivity (Wildman–Crippen MR) is 144 cm³/mol. The van der Waals surface area contributed by atoms with Crippen LogP contribution in [0.3, 0.4) is 0 Å². The van der Waals surface area contributed by atoms with Crippen molar-refractivity contribution in [2.75, 3.05) is 33.2 Å². The molecule has 0 radical (unpaired) electrons. The molecule has 1 saturated heterocycles. The largest absolute Gasteiger partial charge is 0.338 e. The first-order valence-corrected chi connectivity index (χ1v) is 12.3. The lowest BCUT2D eigenvalue weighted by Crippen LogP contribution is -2.44. The number of likely N-dealkylation sites (N-methyl/N-ethyl adjacent to an activating group) is 1. The van der Waals surface area contributed by atoms with E-state index < -0.39 is 0 Å². The number of thiazole rings is 1. The molecule has 33 heavy (non-hydrogen) atoms. The molecule has 2 N–H and O–H groups in total. The van der Waals surface area contributed by atoms with Crippen LogP contribution in [0.25, 0.3) is 0 Å². The lowest BCUT2D eigenvalue weighted by molar-refractivity contribution is 0.111. The zero-order valence-corrected chi connectivity index (χ0v) is 22.0. The topological polar surface area (TPSA) is 74.3 Å². The van der Waals surface area contributed by atoms with Crippen LogP contribution in [-0.4, -0.2) is 55.4 Å². The second-order valence-corrected chi connectivity index (χ2v) is 7.84. The number of piperidine rings is 1. The van der Waals surface area contributed by atoms with E-state index in [1.54, 1.807) is 11.5 Å². The van der Waals surface area contributed by atoms with Crippen LogP contribution in [0.1, 0.15) is 68.4 Å². The average molecular weight is 477 g/mol. The van der Waals surface area contributed by atoms with Gasteiger partial charge in [0.25, 0.3) is 0 Å². The minimum absolute atomic E-state index is 0.0173. The highest BCUT2D eigenvalue weighted by molar-refractivity contribution is 7.09. The standard InChI is InChI=1S/C12H17N3O2S.C7H12.C4H9N.C3H6/c1-2-13-12(17)15-5-3-9(4-6-15)11-14-10(7-16)8-18-11;1-3-5-7-6-4-2;1-3-4-5-2;1-3-2/h7-9H,2-6H2,1H3,(H,13,17);3-6H,7H2,1-2H3;3,5H,1,4H2,2H3;3H,1H2,2H3/b;5-3+,6-4+;;. The maximum Gasteiger partial charge on any atom is 0.317 e. The summed E-state index contributed by atoms with van der Waals surface area (Å²) in [6.45, 7) is 17.8. The van der Waals surface area contributed by atoms with Gasteiger partial charge in [-0.15, -0.1) is 24.5 Å². The van der Waals surface area contributed by atoms with Crippen molar-refractivity contribution in [2.45, 2.75) is 52.9 Å². The van der Waals surface area contributed by atoms with Gasteiger partial charge >= 0.3 is 6.03 Å². The predicted octanol–water partition coefficient (Wildman–Crippen LogP) is 5.98. The first-order chi connectivity index (χ1) is 16.0. The third-order valence-electron chi connectivity index (χ3n) is 4.21. The summed E-state index contributed by atoms with van der Waals surface area (Å²) in [7, 11) is 1.89. The second kappa shape index (κ2) is 24.1. The number of aldehydes is 1. The van der Waals surface area contributed by atoms with E-state index in [2.05, 4.69) is 53.1 Å². The number of rotatable bonds is 7. The van der Waals surface area contributed by atoms with Crippen molar-refractivity contribution in [3.8, 4) is 0 Å². The van der Waals surface area contributed by atoms with Gasteiger partial charge in [-0.2, -0.15) is 0 Å². The highest BCUT2D eigenvalue weighted by Gasteiger charge is 2.25. The van der Waals surface area contributed by atoms with Crippen LogP contribution < -0.4 is 10.6 Å². The number of nitrogens with one attached hydrogen (secondary N) is 2. The van der Waals surface area contributed by atoms with Crippen LogP contribution in [0.4, 0.5) is 4.79 Å². The first kappa shape index (κ1) is 32.7. The molecule has 0 spiro atoms. The van der Waals surface area contributed by atoms with Gasteiger partial charge in [0, 0.05) is 37.5 Å². The molecule has 0 aromatic carbocycles. The molecule has 0 saturated carbocycles. The quantitative estimate of drug-likeness (QED) is 0.375. The molecule has 1 aliphatic rings. The Kier molecular flexibility index (Phi) is 23.9. The summed E-state index contributed by atoms with van der Waals surface area (Å²) in [5.41, 5.74) is 0.515. The van der Waals surface area contributed by atoms with E-state index in [1.807, 2.05) is 45.7 Å². The van der Waals surface area contributed by atoms with Gasteiger partial charge in [0.15, 0.2) is 6.29 Å². The van der Waals surface area contributed by atoms with Crippen LogP contribution in [-0.2, 0) is 0 Å². The summed E-state index contributed by atoms with van der Waals surface area (Å²) in [6, 6.07) is 0.0173. The zero-order valence-electron chi connectivity index (χ0n) is 21.2. The molecule has 186 valence electrons. The lowest BCUT2D eigenvalue weighted by Gasteiger charge is -2.31. The van der Waals surface area contributed by atoms with Crippen LogP contribution >= 0.6 is 11.3 Å². The third kappa shape index (κ3) is 17.7. The molecule has 2 heterocycles. The van der Waals surface area contributed by atoms with E-state index in [1.165, 1.54) is 11.3 Å². The maximum atomic E-state index is 11.6. The number of aromatic nitrogens is 1. The van der Waals surface area contributed by atoms with Crippen molar-refractivity contribution in [1.29, 1.82) is 0 Å². The first-order valence-electron chi connectivity index (χ1n) is 11.5. The van der Waals surface area contributed by atoms with Crippen molar-refractivity contribution in [3.63, 3.8) is 0 Å². The molecule has 1 aromatic rings. The Morgan fingerprint density at radius 3 is 2.15 bits per heavy atom. The number of carbonyl (C=O) groups excluding carboxylic acids is 2. The van der Waals surface area contributed by atoms with E-state index in [0.717, 1.165) is 50.2 Å². The Bertz CT molecular complexity index is 680. The average Bonchev–Trinajstić information content (AvgIpc) is 3.31. The molecule has 0 aliphatic carbocycles. The molecule has 1 aromatic heterocycles. The molecule has 1 fully saturated rings. The molecule has 7 heteroatoms. The van der Waals surface area contributed by atoms with E-state index in [-0.39, 0.29) is 6.03 Å². The number of likely N-dealkylation sites (tertiary alicyclic amines) is 1. The minimum Gasteiger partial charge on any atom is -0.338 e. The van der Waals surface area contributed by atoms with Crippen LogP contribution in [0, 0.1) is 0 Å². The van der Waals surface area contributed by atoms with Gasteiger partial charge in [0.2, 0.25) is 0 Å². The Morgan fingerprint density at radius 2 is 1.79 bits per heavy atom. The van der Waals surface area contributed by atoms with Gasteiger partial charge in [0.1, 0.15) is 5.69 Å². The van der Waals surface area contributed by atoms with Gasteiger partial charge in [-0.25, -0.2) is 9.78 Å². The van der Waals surface area contributed by atoms with Gasteiger partial charge < -0.3 is 15.5 Å². The number of amides is 2. The molecule has 0 unspecified atom stereocenters. The monoisotopic (exact) mass is 476 g/mol. The number of urea groups is 1. The molecular weight excluding hydrogens is 432 g/mol. The number of hydrogen-bond donors (Lipinski definition) is 2. The number of carbonyl (C=O) groups is 2. The molecule has 0 bridgehead atoms. The van der Waals surface area contributed by atoms with Crippen molar-refractivity contribution in [2.24, 2.45) is 0 Å². The molecule has 0 atom stereocenters. The normalized spacial score (nSPS) is 13.1. The van der Waals surface area contributed by atoms with Gasteiger partial charge in [-0.05, 0) is 54.0 Å². The fourth-order valence-corrected chi connectivity index (χ4v) is 3.57. The van der Waals surface area contributed by atoms with E-state index in [9.17, 15) is 9.59 Å². The molecule has 2 amide bonds. The summed E-state index contributed by atoms with van der Waals surface area (Å²) in [5.74, 6) is 0.384.